The van der Waals surface area contributed by atoms with Crippen molar-refractivity contribution >= 4 is 5.91 Å². The molecular weight excluding hydrogens is 256 g/mol. The number of nitrogens with zero attached hydrogens (tertiary/aromatic N) is 1. The molecule has 1 amide bonds. The molecule has 2 rings (SSSR count). The van der Waals surface area contributed by atoms with E-state index in [0.717, 1.165) is 25.7 Å². The summed E-state index contributed by atoms with van der Waals surface area (Å²) in [6, 6.07) is 4.94. The maximum absolute atomic E-state index is 11.8. The summed E-state index contributed by atoms with van der Waals surface area (Å²) in [7, 11) is 0. The van der Waals surface area contributed by atoms with Crippen LogP contribution in [0.1, 0.15) is 32.1 Å². The summed E-state index contributed by atoms with van der Waals surface area (Å²) in [5.74, 6) is 0.102. The molecule has 1 aliphatic rings. The van der Waals surface area contributed by atoms with Gasteiger partial charge < -0.3 is 15.0 Å². The monoisotopic (exact) mass is 278 g/mol. The van der Waals surface area contributed by atoms with Crippen LogP contribution in [-0.2, 0) is 11.3 Å². The highest BCUT2D eigenvalue weighted by Gasteiger charge is 2.23. The van der Waals surface area contributed by atoms with Gasteiger partial charge in [0.15, 0.2) is 0 Å². The van der Waals surface area contributed by atoms with E-state index in [9.17, 15) is 14.7 Å². The van der Waals surface area contributed by atoms with Gasteiger partial charge in [-0.2, -0.15) is 0 Å². The molecule has 1 fully saturated rings. The van der Waals surface area contributed by atoms with Gasteiger partial charge in [0, 0.05) is 37.7 Å². The molecule has 5 heteroatoms. The van der Waals surface area contributed by atoms with Crippen molar-refractivity contribution in [2.75, 3.05) is 6.54 Å². The number of hydrogen-bond donors (Lipinski definition) is 2. The molecule has 20 heavy (non-hydrogen) atoms. The number of rotatable bonds is 5. The Morgan fingerprint density at radius 1 is 1.35 bits per heavy atom. The van der Waals surface area contributed by atoms with Gasteiger partial charge in [-0.3, -0.25) is 9.59 Å². The molecule has 110 valence electrons. The van der Waals surface area contributed by atoms with E-state index in [1.807, 2.05) is 0 Å². The molecule has 1 aliphatic carbocycles. The van der Waals surface area contributed by atoms with Crippen LogP contribution in [0.2, 0.25) is 0 Å². The number of aliphatic hydroxyl groups excluding tert-OH is 1. The summed E-state index contributed by atoms with van der Waals surface area (Å²) in [5, 5.41) is 12.7. The molecule has 0 spiro atoms. The largest absolute Gasteiger partial charge is 0.393 e. The van der Waals surface area contributed by atoms with Crippen LogP contribution in [0.5, 0.6) is 0 Å². The molecule has 2 unspecified atom stereocenters. The lowest BCUT2D eigenvalue weighted by Gasteiger charge is -2.27. The van der Waals surface area contributed by atoms with Crippen LogP contribution in [0, 0.1) is 5.92 Å². The van der Waals surface area contributed by atoms with E-state index in [1.165, 1.54) is 10.6 Å². The lowest BCUT2D eigenvalue weighted by molar-refractivity contribution is -0.121. The van der Waals surface area contributed by atoms with E-state index in [-0.39, 0.29) is 29.9 Å². The molecule has 0 bridgehead atoms. The molecule has 1 aromatic heterocycles. The predicted molar refractivity (Wildman–Crippen MR) is 76.3 cm³/mol. The second-order valence-electron chi connectivity index (χ2n) is 5.40. The van der Waals surface area contributed by atoms with Crippen LogP contribution in [-0.4, -0.2) is 28.2 Å². The van der Waals surface area contributed by atoms with Gasteiger partial charge in [0.1, 0.15) is 0 Å². The van der Waals surface area contributed by atoms with Crippen molar-refractivity contribution in [2.45, 2.75) is 44.8 Å². The molecule has 1 saturated carbocycles. The average molecular weight is 278 g/mol. The number of aromatic nitrogens is 1. The predicted octanol–water partition coefficient (Wildman–Crippen LogP) is 0.906. The Kier molecular flexibility index (Phi) is 5.35. The van der Waals surface area contributed by atoms with Crippen LogP contribution in [0.4, 0.5) is 0 Å². The maximum atomic E-state index is 11.8. The number of pyridine rings is 1. The fraction of sp³-hybridized carbons (Fsp3) is 0.600. The standard InChI is InChI=1S/C15H22N2O3/c18-13-6-2-1-5-12(13)11-16-14(19)8-10-17-9-4-3-7-15(17)20/h3-4,7,9,12-13,18H,1-2,5-6,8,10-11H2,(H,16,19). The first-order chi connectivity index (χ1) is 9.66. The Bertz CT molecular complexity index is 498. The third kappa shape index (κ3) is 4.20. The van der Waals surface area contributed by atoms with Gasteiger partial charge in [-0.25, -0.2) is 0 Å². The highest BCUT2D eigenvalue weighted by Crippen LogP contribution is 2.23. The second kappa shape index (κ2) is 7.24. The zero-order valence-electron chi connectivity index (χ0n) is 11.6. The average Bonchev–Trinajstić information content (AvgIpc) is 2.45. The smallest absolute Gasteiger partial charge is 0.250 e. The molecule has 2 atom stereocenters. The number of carbonyl (C=O) groups is 1. The second-order valence-corrected chi connectivity index (χ2v) is 5.40. The summed E-state index contributed by atoms with van der Waals surface area (Å²) in [5.41, 5.74) is -0.0944. The van der Waals surface area contributed by atoms with Gasteiger partial charge in [-0.1, -0.05) is 18.9 Å². The molecule has 1 heterocycles. The van der Waals surface area contributed by atoms with Crippen molar-refractivity contribution in [2.24, 2.45) is 5.92 Å². The molecule has 0 radical (unpaired) electrons. The fourth-order valence-electron chi connectivity index (χ4n) is 2.63. The number of aryl methyl sites for hydroxylation is 1. The summed E-state index contributed by atoms with van der Waals surface area (Å²) in [6.45, 7) is 0.919. The highest BCUT2D eigenvalue weighted by atomic mass is 16.3. The van der Waals surface area contributed by atoms with Crippen molar-refractivity contribution in [3.63, 3.8) is 0 Å². The summed E-state index contributed by atoms with van der Waals surface area (Å²) >= 11 is 0. The van der Waals surface area contributed by atoms with E-state index >= 15 is 0 Å². The van der Waals surface area contributed by atoms with E-state index < -0.39 is 0 Å². The minimum Gasteiger partial charge on any atom is -0.393 e. The van der Waals surface area contributed by atoms with Crippen molar-refractivity contribution in [3.05, 3.63) is 34.7 Å². The van der Waals surface area contributed by atoms with Gasteiger partial charge >= 0.3 is 0 Å². The van der Waals surface area contributed by atoms with E-state index in [0.29, 0.717) is 13.1 Å². The van der Waals surface area contributed by atoms with Crippen LogP contribution in [0.3, 0.4) is 0 Å². The minimum atomic E-state index is -0.291. The molecule has 0 aromatic carbocycles. The summed E-state index contributed by atoms with van der Waals surface area (Å²) in [4.78, 5) is 23.2. The fourth-order valence-corrected chi connectivity index (χ4v) is 2.63. The first-order valence-corrected chi connectivity index (χ1v) is 7.27. The van der Waals surface area contributed by atoms with Crippen molar-refractivity contribution in [3.8, 4) is 0 Å². The Morgan fingerprint density at radius 3 is 2.90 bits per heavy atom. The van der Waals surface area contributed by atoms with Crippen LogP contribution in [0.15, 0.2) is 29.2 Å². The minimum absolute atomic E-state index is 0.0708. The van der Waals surface area contributed by atoms with E-state index in [2.05, 4.69) is 5.32 Å². The highest BCUT2D eigenvalue weighted by molar-refractivity contribution is 5.75. The first-order valence-electron chi connectivity index (χ1n) is 7.27. The number of nitrogens with one attached hydrogen (secondary N) is 1. The normalized spacial score (nSPS) is 22.4. The third-order valence-corrected chi connectivity index (χ3v) is 3.91. The lowest BCUT2D eigenvalue weighted by Crippen LogP contribution is -2.37. The zero-order valence-corrected chi connectivity index (χ0v) is 11.6. The molecule has 0 aliphatic heterocycles. The van der Waals surface area contributed by atoms with E-state index in [1.54, 1.807) is 18.3 Å². The molecule has 5 nitrogen and oxygen atoms in total. The topological polar surface area (TPSA) is 71.3 Å². The summed E-state index contributed by atoms with van der Waals surface area (Å²) < 4.78 is 1.52. The van der Waals surface area contributed by atoms with E-state index in [4.69, 9.17) is 0 Å². The Labute approximate surface area is 118 Å². The Balaban J connectivity index is 1.73. The van der Waals surface area contributed by atoms with Crippen molar-refractivity contribution in [1.29, 1.82) is 0 Å². The molecule has 2 N–H and O–H groups in total. The molecular formula is C15H22N2O3. The first kappa shape index (κ1) is 14.8. The number of carbonyl (C=O) groups excluding carboxylic acids is 1. The van der Waals surface area contributed by atoms with Crippen LogP contribution >= 0.6 is 0 Å². The number of hydrogen-bond acceptors (Lipinski definition) is 3. The molecule has 1 aromatic rings. The van der Waals surface area contributed by atoms with Crippen molar-refractivity contribution < 1.29 is 9.90 Å². The Hall–Kier alpha value is -1.62. The summed E-state index contributed by atoms with van der Waals surface area (Å²) in [6.07, 6.45) is 5.67. The van der Waals surface area contributed by atoms with Gasteiger partial charge in [0.2, 0.25) is 5.91 Å². The quantitative estimate of drug-likeness (QED) is 0.841. The van der Waals surface area contributed by atoms with Gasteiger partial charge in [-0.15, -0.1) is 0 Å². The van der Waals surface area contributed by atoms with Crippen LogP contribution in [0.25, 0.3) is 0 Å². The third-order valence-electron chi connectivity index (χ3n) is 3.91. The number of aliphatic hydroxyl groups is 1. The maximum Gasteiger partial charge on any atom is 0.250 e. The SMILES string of the molecule is O=C(CCn1ccccc1=O)NCC1CCCCC1O. The van der Waals surface area contributed by atoms with Crippen molar-refractivity contribution in [1.82, 2.24) is 9.88 Å². The Morgan fingerprint density at radius 2 is 2.15 bits per heavy atom. The van der Waals surface area contributed by atoms with Crippen LogP contribution < -0.4 is 10.9 Å². The van der Waals surface area contributed by atoms with Gasteiger partial charge in [0.05, 0.1) is 6.10 Å². The lowest BCUT2D eigenvalue weighted by atomic mass is 9.86. The van der Waals surface area contributed by atoms with Gasteiger partial charge in [-0.05, 0) is 18.9 Å². The number of amides is 1. The zero-order chi connectivity index (χ0) is 14.4. The van der Waals surface area contributed by atoms with Gasteiger partial charge in [0.25, 0.3) is 5.56 Å². The molecule has 0 saturated heterocycles.